The Morgan fingerprint density at radius 1 is 0.955 bits per heavy atom. The normalized spacial score (nSPS) is 10.7. The lowest BCUT2D eigenvalue weighted by Crippen LogP contribution is -2.29. The second-order valence-electron chi connectivity index (χ2n) is 5.89. The van der Waals surface area contributed by atoms with Crippen LogP contribution in [0.2, 0.25) is 0 Å². The number of hydrogen-bond acceptors (Lipinski definition) is 2. The molecule has 0 fully saturated rings. The Hall–Kier alpha value is -1.93. The molecule has 0 aliphatic carbocycles. The first-order chi connectivity index (χ1) is 10.7. The molecular formula is C20H26N2. The van der Waals surface area contributed by atoms with Crippen LogP contribution in [0, 0.1) is 0 Å². The molecule has 1 aromatic carbocycles. The molecule has 22 heavy (non-hydrogen) atoms. The van der Waals surface area contributed by atoms with Gasteiger partial charge in [0.15, 0.2) is 0 Å². The molecular weight excluding hydrogens is 268 g/mol. The molecule has 2 nitrogen and oxygen atoms in total. The van der Waals surface area contributed by atoms with Gasteiger partial charge in [-0.2, -0.15) is 0 Å². The van der Waals surface area contributed by atoms with E-state index in [1.807, 2.05) is 12.3 Å². The molecule has 1 aromatic heterocycles. The molecule has 116 valence electrons. The van der Waals surface area contributed by atoms with E-state index in [0.717, 1.165) is 32.5 Å². The van der Waals surface area contributed by atoms with Crippen LogP contribution in [-0.2, 0) is 12.8 Å². The number of allylic oxidation sites excluding steroid dienone is 1. The molecule has 0 unspecified atom stereocenters. The zero-order valence-electron chi connectivity index (χ0n) is 13.7. The lowest BCUT2D eigenvalue weighted by molar-refractivity contribution is 0.308. The van der Waals surface area contributed by atoms with Gasteiger partial charge in [-0.25, -0.2) is 0 Å². The van der Waals surface area contributed by atoms with Crippen LogP contribution in [0.15, 0.2) is 66.4 Å². The summed E-state index contributed by atoms with van der Waals surface area (Å²) in [6.07, 6.45) is 6.29. The van der Waals surface area contributed by atoms with Crippen LogP contribution in [0.1, 0.15) is 25.1 Å². The van der Waals surface area contributed by atoms with Crippen LogP contribution >= 0.6 is 0 Å². The highest BCUT2D eigenvalue weighted by Crippen LogP contribution is 2.04. The third kappa shape index (κ3) is 6.23. The largest absolute Gasteiger partial charge is 0.299 e. The summed E-state index contributed by atoms with van der Waals surface area (Å²) >= 11 is 0. The van der Waals surface area contributed by atoms with E-state index in [1.165, 1.54) is 16.8 Å². The van der Waals surface area contributed by atoms with Gasteiger partial charge < -0.3 is 0 Å². The van der Waals surface area contributed by atoms with Crippen LogP contribution in [-0.4, -0.2) is 29.5 Å². The van der Waals surface area contributed by atoms with Gasteiger partial charge in [-0.05, 0) is 38.0 Å². The van der Waals surface area contributed by atoms with E-state index in [2.05, 4.69) is 72.3 Å². The lowest BCUT2D eigenvalue weighted by Gasteiger charge is -2.21. The van der Waals surface area contributed by atoms with Crippen molar-refractivity contribution in [3.05, 3.63) is 77.6 Å². The summed E-state index contributed by atoms with van der Waals surface area (Å²) < 4.78 is 0. The quantitative estimate of drug-likeness (QED) is 0.680. The topological polar surface area (TPSA) is 16.1 Å². The molecule has 0 saturated heterocycles. The molecule has 0 spiro atoms. The molecule has 0 amide bonds. The third-order valence-electron chi connectivity index (χ3n) is 3.73. The van der Waals surface area contributed by atoms with Crippen LogP contribution in [0.25, 0.3) is 0 Å². The van der Waals surface area contributed by atoms with Gasteiger partial charge in [-0.15, -0.1) is 0 Å². The van der Waals surface area contributed by atoms with Crippen molar-refractivity contribution in [1.82, 2.24) is 9.88 Å². The minimum absolute atomic E-state index is 1.01. The van der Waals surface area contributed by atoms with Crippen LogP contribution in [0.3, 0.4) is 0 Å². The van der Waals surface area contributed by atoms with E-state index in [0.29, 0.717) is 0 Å². The predicted octanol–water partition coefficient (Wildman–Crippen LogP) is 4.14. The number of pyridine rings is 1. The molecule has 2 aromatic rings. The highest BCUT2D eigenvalue weighted by molar-refractivity contribution is 5.15. The summed E-state index contributed by atoms with van der Waals surface area (Å²) in [4.78, 5) is 6.93. The van der Waals surface area contributed by atoms with E-state index in [1.54, 1.807) is 0 Å². The first-order valence-corrected chi connectivity index (χ1v) is 8.03. The van der Waals surface area contributed by atoms with Crippen molar-refractivity contribution in [3.8, 4) is 0 Å². The second-order valence-corrected chi connectivity index (χ2v) is 5.89. The molecule has 0 atom stereocenters. The Balaban J connectivity index is 1.89. The Kier molecular flexibility index (Phi) is 6.85. The van der Waals surface area contributed by atoms with Crippen molar-refractivity contribution >= 4 is 0 Å². The first kappa shape index (κ1) is 16.4. The fourth-order valence-electron chi connectivity index (χ4n) is 2.36. The van der Waals surface area contributed by atoms with Crippen molar-refractivity contribution in [2.75, 3.05) is 19.6 Å². The van der Waals surface area contributed by atoms with Gasteiger partial charge in [0.2, 0.25) is 0 Å². The van der Waals surface area contributed by atoms with Crippen LogP contribution in [0.4, 0.5) is 0 Å². The number of aromatic nitrogens is 1. The molecule has 0 saturated carbocycles. The van der Waals surface area contributed by atoms with Crippen LogP contribution < -0.4 is 0 Å². The fourth-order valence-corrected chi connectivity index (χ4v) is 2.36. The molecule has 0 N–H and O–H groups in total. The summed E-state index contributed by atoms with van der Waals surface area (Å²) in [7, 11) is 0. The highest BCUT2D eigenvalue weighted by atomic mass is 15.1. The second kappa shape index (κ2) is 9.16. The van der Waals surface area contributed by atoms with Gasteiger partial charge >= 0.3 is 0 Å². The first-order valence-electron chi connectivity index (χ1n) is 8.03. The molecule has 0 bridgehead atoms. The number of benzene rings is 1. The smallest absolute Gasteiger partial charge is 0.0416 e. The molecule has 2 heteroatoms. The van der Waals surface area contributed by atoms with E-state index in [9.17, 15) is 0 Å². The Morgan fingerprint density at radius 2 is 1.68 bits per heavy atom. The molecule has 2 rings (SSSR count). The standard InChI is InChI=1S/C20H26N2/c1-18(2)11-15-22(16-12-19-8-4-3-5-9-19)17-13-20-10-6-7-14-21-20/h3-11,14H,12-13,15-17H2,1-2H3. The van der Waals surface area contributed by atoms with Crippen molar-refractivity contribution in [2.45, 2.75) is 26.7 Å². The Morgan fingerprint density at radius 3 is 2.36 bits per heavy atom. The average molecular weight is 294 g/mol. The maximum atomic E-state index is 4.42. The maximum absolute atomic E-state index is 4.42. The summed E-state index contributed by atoms with van der Waals surface area (Å²) in [6.45, 7) is 7.47. The van der Waals surface area contributed by atoms with E-state index < -0.39 is 0 Å². The molecule has 0 radical (unpaired) electrons. The minimum Gasteiger partial charge on any atom is -0.299 e. The van der Waals surface area contributed by atoms with Gasteiger partial charge in [0.1, 0.15) is 0 Å². The van der Waals surface area contributed by atoms with Gasteiger partial charge in [-0.1, -0.05) is 48.0 Å². The molecule has 1 heterocycles. The van der Waals surface area contributed by atoms with Gasteiger partial charge in [0.05, 0.1) is 0 Å². The SMILES string of the molecule is CC(C)=CCN(CCc1ccccc1)CCc1ccccn1. The fraction of sp³-hybridized carbons (Fsp3) is 0.350. The number of nitrogens with zero attached hydrogens (tertiary/aromatic N) is 2. The van der Waals surface area contributed by atoms with Gasteiger partial charge in [0, 0.05) is 37.9 Å². The summed E-state index contributed by atoms with van der Waals surface area (Å²) in [5.74, 6) is 0. The maximum Gasteiger partial charge on any atom is 0.0416 e. The van der Waals surface area contributed by atoms with Gasteiger partial charge in [-0.3, -0.25) is 9.88 Å². The number of rotatable bonds is 8. The molecule has 0 aliphatic heterocycles. The molecule has 0 aliphatic rings. The third-order valence-corrected chi connectivity index (χ3v) is 3.73. The Labute approximate surface area is 134 Å². The van der Waals surface area contributed by atoms with Crippen LogP contribution in [0.5, 0.6) is 0 Å². The van der Waals surface area contributed by atoms with Crippen molar-refractivity contribution in [3.63, 3.8) is 0 Å². The summed E-state index contributed by atoms with van der Waals surface area (Å²) in [6, 6.07) is 16.9. The average Bonchev–Trinajstić information content (AvgIpc) is 2.56. The summed E-state index contributed by atoms with van der Waals surface area (Å²) in [5.41, 5.74) is 3.95. The van der Waals surface area contributed by atoms with Crippen molar-refractivity contribution in [2.24, 2.45) is 0 Å². The number of hydrogen-bond donors (Lipinski definition) is 0. The lowest BCUT2D eigenvalue weighted by atomic mass is 10.1. The monoisotopic (exact) mass is 294 g/mol. The van der Waals surface area contributed by atoms with E-state index in [-0.39, 0.29) is 0 Å². The zero-order valence-corrected chi connectivity index (χ0v) is 13.7. The van der Waals surface area contributed by atoms with Crippen molar-refractivity contribution < 1.29 is 0 Å². The van der Waals surface area contributed by atoms with Gasteiger partial charge in [0.25, 0.3) is 0 Å². The van der Waals surface area contributed by atoms with Crippen molar-refractivity contribution in [1.29, 1.82) is 0 Å². The zero-order chi connectivity index (χ0) is 15.6. The van der Waals surface area contributed by atoms with E-state index >= 15 is 0 Å². The highest BCUT2D eigenvalue weighted by Gasteiger charge is 2.05. The Bertz CT molecular complexity index is 513. The van der Waals surface area contributed by atoms with E-state index in [4.69, 9.17) is 0 Å². The summed E-state index contributed by atoms with van der Waals surface area (Å²) in [5, 5.41) is 0. The minimum atomic E-state index is 1.01. The predicted molar refractivity (Wildman–Crippen MR) is 94.0 cm³/mol.